The number of anilines is 1. The summed E-state index contributed by atoms with van der Waals surface area (Å²) in [6.45, 7) is 4.25. The Morgan fingerprint density at radius 2 is 2.11 bits per heavy atom. The highest BCUT2D eigenvalue weighted by molar-refractivity contribution is 5.30. The number of hydrogen-bond donors (Lipinski definition) is 1. The molecule has 1 aromatic rings. The van der Waals surface area contributed by atoms with Gasteiger partial charge in [-0.25, -0.2) is 4.98 Å². The van der Waals surface area contributed by atoms with E-state index >= 15 is 0 Å². The maximum Gasteiger partial charge on any atom is 0.203 e. The molecule has 2 rings (SSSR count). The van der Waals surface area contributed by atoms with E-state index in [1.165, 1.54) is 32.1 Å². The number of aromatic nitrogens is 2. The minimum atomic E-state index is 0.638. The van der Waals surface area contributed by atoms with E-state index in [4.69, 9.17) is 0 Å². The predicted molar refractivity (Wildman–Crippen MR) is 76.0 cm³/mol. The van der Waals surface area contributed by atoms with Gasteiger partial charge in [-0.2, -0.15) is 0 Å². The lowest BCUT2D eigenvalue weighted by molar-refractivity contribution is 0.387. The van der Waals surface area contributed by atoms with E-state index in [0.717, 1.165) is 24.7 Å². The second kappa shape index (κ2) is 6.23. The first-order valence-corrected chi connectivity index (χ1v) is 7.10. The molecular weight excluding hydrogens is 224 g/mol. The lowest BCUT2D eigenvalue weighted by Crippen LogP contribution is -2.19. The zero-order valence-electron chi connectivity index (χ0n) is 11.9. The van der Waals surface area contributed by atoms with Gasteiger partial charge < -0.3 is 14.8 Å². The van der Waals surface area contributed by atoms with Crippen LogP contribution < -0.4 is 5.32 Å². The zero-order valence-corrected chi connectivity index (χ0v) is 11.9. The molecule has 1 aromatic heterocycles. The minimum absolute atomic E-state index is 0.638. The second-order valence-corrected chi connectivity index (χ2v) is 5.68. The molecule has 0 bridgehead atoms. The SMILES string of the molecule is Cc1cn(CCCN(C)C)c(NC2CCCC2)n1. The molecule has 102 valence electrons. The van der Waals surface area contributed by atoms with Gasteiger partial charge in [0.05, 0.1) is 5.69 Å². The molecule has 1 fully saturated rings. The van der Waals surface area contributed by atoms with Crippen molar-refractivity contribution in [2.75, 3.05) is 26.0 Å². The standard InChI is InChI=1S/C14H26N4/c1-12-11-18(10-6-9-17(2)3)14(15-12)16-13-7-4-5-8-13/h11,13H,4-10H2,1-3H3,(H,15,16). The van der Waals surface area contributed by atoms with Gasteiger partial charge in [0, 0.05) is 18.8 Å². The summed E-state index contributed by atoms with van der Waals surface area (Å²) in [5.41, 5.74) is 1.11. The van der Waals surface area contributed by atoms with E-state index < -0.39 is 0 Å². The van der Waals surface area contributed by atoms with E-state index in [2.05, 4.69) is 47.0 Å². The molecule has 1 N–H and O–H groups in total. The topological polar surface area (TPSA) is 33.1 Å². The Balaban J connectivity index is 1.91. The van der Waals surface area contributed by atoms with Crippen LogP contribution in [-0.2, 0) is 6.54 Å². The largest absolute Gasteiger partial charge is 0.353 e. The fraction of sp³-hybridized carbons (Fsp3) is 0.786. The summed E-state index contributed by atoms with van der Waals surface area (Å²) >= 11 is 0. The third-order valence-corrected chi connectivity index (χ3v) is 3.59. The molecule has 4 nitrogen and oxygen atoms in total. The fourth-order valence-electron chi connectivity index (χ4n) is 2.64. The lowest BCUT2D eigenvalue weighted by atomic mass is 10.2. The smallest absolute Gasteiger partial charge is 0.203 e. The van der Waals surface area contributed by atoms with Crippen molar-refractivity contribution in [1.82, 2.24) is 14.5 Å². The van der Waals surface area contributed by atoms with Crippen LogP contribution in [0.2, 0.25) is 0 Å². The monoisotopic (exact) mass is 250 g/mol. The van der Waals surface area contributed by atoms with Crippen molar-refractivity contribution in [2.24, 2.45) is 0 Å². The Kier molecular flexibility index (Phi) is 4.64. The Morgan fingerprint density at radius 3 is 2.78 bits per heavy atom. The molecule has 0 atom stereocenters. The number of nitrogens with zero attached hydrogens (tertiary/aromatic N) is 3. The van der Waals surface area contributed by atoms with Crippen molar-refractivity contribution in [2.45, 2.75) is 51.6 Å². The van der Waals surface area contributed by atoms with E-state index in [1.54, 1.807) is 0 Å². The molecule has 1 saturated carbocycles. The van der Waals surface area contributed by atoms with Gasteiger partial charge in [0.15, 0.2) is 0 Å². The normalized spacial score (nSPS) is 16.7. The van der Waals surface area contributed by atoms with E-state index in [9.17, 15) is 0 Å². The lowest BCUT2D eigenvalue weighted by Gasteiger charge is -2.15. The highest BCUT2D eigenvalue weighted by atomic mass is 15.2. The zero-order chi connectivity index (χ0) is 13.0. The quantitative estimate of drug-likeness (QED) is 0.842. The summed E-state index contributed by atoms with van der Waals surface area (Å²) < 4.78 is 2.27. The van der Waals surface area contributed by atoms with Crippen molar-refractivity contribution >= 4 is 5.95 Å². The third-order valence-electron chi connectivity index (χ3n) is 3.59. The second-order valence-electron chi connectivity index (χ2n) is 5.68. The van der Waals surface area contributed by atoms with Crippen LogP contribution in [0.5, 0.6) is 0 Å². The molecule has 0 aliphatic heterocycles. The Bertz CT molecular complexity index is 364. The van der Waals surface area contributed by atoms with Crippen LogP contribution in [0.1, 0.15) is 37.8 Å². The molecule has 4 heteroatoms. The molecule has 0 unspecified atom stereocenters. The van der Waals surface area contributed by atoms with Crippen LogP contribution in [0.3, 0.4) is 0 Å². The van der Waals surface area contributed by atoms with Gasteiger partial charge in [-0.15, -0.1) is 0 Å². The van der Waals surface area contributed by atoms with Crippen molar-refractivity contribution in [3.05, 3.63) is 11.9 Å². The first kappa shape index (κ1) is 13.4. The van der Waals surface area contributed by atoms with Crippen LogP contribution in [0, 0.1) is 6.92 Å². The number of aryl methyl sites for hydroxylation is 2. The predicted octanol–water partition coefficient (Wildman–Crippen LogP) is 2.50. The summed E-state index contributed by atoms with van der Waals surface area (Å²) in [5.74, 6) is 1.07. The van der Waals surface area contributed by atoms with Crippen molar-refractivity contribution in [1.29, 1.82) is 0 Å². The Hall–Kier alpha value is -1.03. The van der Waals surface area contributed by atoms with Gasteiger partial charge in [-0.3, -0.25) is 0 Å². The highest BCUT2D eigenvalue weighted by Crippen LogP contribution is 2.22. The summed E-state index contributed by atoms with van der Waals surface area (Å²) in [4.78, 5) is 6.84. The third kappa shape index (κ3) is 3.73. The number of hydrogen-bond acceptors (Lipinski definition) is 3. The number of imidazole rings is 1. The highest BCUT2D eigenvalue weighted by Gasteiger charge is 2.17. The first-order chi connectivity index (χ1) is 8.65. The average Bonchev–Trinajstić information content (AvgIpc) is 2.89. The molecule has 1 heterocycles. The summed E-state index contributed by atoms with van der Waals surface area (Å²) in [7, 11) is 4.24. The van der Waals surface area contributed by atoms with Crippen LogP contribution >= 0.6 is 0 Å². The van der Waals surface area contributed by atoms with Crippen molar-refractivity contribution in [3.63, 3.8) is 0 Å². The molecular formula is C14H26N4. The van der Waals surface area contributed by atoms with Crippen LogP contribution in [0.4, 0.5) is 5.95 Å². The van der Waals surface area contributed by atoms with E-state index in [-0.39, 0.29) is 0 Å². The molecule has 0 radical (unpaired) electrons. The van der Waals surface area contributed by atoms with Gasteiger partial charge in [0.25, 0.3) is 0 Å². The Labute approximate surface area is 110 Å². The molecule has 0 spiro atoms. The van der Waals surface area contributed by atoms with E-state index in [0.29, 0.717) is 6.04 Å². The van der Waals surface area contributed by atoms with E-state index in [1.807, 2.05) is 0 Å². The molecule has 18 heavy (non-hydrogen) atoms. The summed E-state index contributed by atoms with van der Waals surface area (Å²) in [5, 5.41) is 3.61. The molecule has 0 amide bonds. The molecule has 0 aromatic carbocycles. The van der Waals surface area contributed by atoms with Crippen molar-refractivity contribution < 1.29 is 0 Å². The summed E-state index contributed by atoms with van der Waals surface area (Å²) in [6.07, 6.45) is 8.64. The van der Waals surface area contributed by atoms with Crippen LogP contribution in [-0.4, -0.2) is 41.1 Å². The maximum absolute atomic E-state index is 4.61. The number of rotatable bonds is 6. The molecule has 1 aliphatic carbocycles. The van der Waals surface area contributed by atoms with Gasteiger partial charge in [0.2, 0.25) is 5.95 Å². The average molecular weight is 250 g/mol. The van der Waals surface area contributed by atoms with Gasteiger partial charge in [0.1, 0.15) is 0 Å². The molecule has 1 aliphatic rings. The van der Waals surface area contributed by atoms with Crippen LogP contribution in [0.15, 0.2) is 6.20 Å². The first-order valence-electron chi connectivity index (χ1n) is 7.10. The van der Waals surface area contributed by atoms with Gasteiger partial charge in [-0.05, 0) is 46.8 Å². The Morgan fingerprint density at radius 1 is 1.39 bits per heavy atom. The van der Waals surface area contributed by atoms with Crippen molar-refractivity contribution in [3.8, 4) is 0 Å². The summed E-state index contributed by atoms with van der Waals surface area (Å²) in [6, 6.07) is 0.638. The van der Waals surface area contributed by atoms with Gasteiger partial charge in [-0.1, -0.05) is 12.8 Å². The van der Waals surface area contributed by atoms with Crippen LogP contribution in [0.25, 0.3) is 0 Å². The number of nitrogens with one attached hydrogen (secondary N) is 1. The maximum atomic E-state index is 4.61. The molecule has 0 saturated heterocycles. The van der Waals surface area contributed by atoms with Gasteiger partial charge >= 0.3 is 0 Å². The fourth-order valence-corrected chi connectivity index (χ4v) is 2.64. The minimum Gasteiger partial charge on any atom is -0.353 e.